The van der Waals surface area contributed by atoms with Crippen molar-refractivity contribution in [3.63, 3.8) is 0 Å². The number of fused-ring (bicyclic) bond motifs is 1. The highest BCUT2D eigenvalue weighted by Crippen LogP contribution is 2.36. The lowest BCUT2D eigenvalue weighted by atomic mass is 9.77. The molecule has 1 aromatic carbocycles. The van der Waals surface area contributed by atoms with E-state index in [-0.39, 0.29) is 0 Å². The molecular weight excluding hydrogens is 156 g/mol. The van der Waals surface area contributed by atoms with Crippen molar-refractivity contribution in [1.29, 1.82) is 0 Å². The summed E-state index contributed by atoms with van der Waals surface area (Å²) in [6.07, 6.45) is 2.53. The minimum absolute atomic E-state index is 0.720. The molecule has 2 rings (SSSR count). The largest absolute Gasteiger partial charge is 0.0648 e. The Morgan fingerprint density at radius 2 is 2.23 bits per heavy atom. The highest BCUT2D eigenvalue weighted by atomic mass is 14.3. The van der Waals surface area contributed by atoms with Crippen LogP contribution in [0, 0.1) is 0 Å². The van der Waals surface area contributed by atoms with Crippen LogP contribution in [0.1, 0.15) is 55.7 Å². The number of rotatable bonds is 2. The van der Waals surface area contributed by atoms with Gasteiger partial charge < -0.3 is 0 Å². The Hall–Kier alpha value is -0.780. The molecule has 13 heavy (non-hydrogen) atoms. The van der Waals surface area contributed by atoms with Gasteiger partial charge in [0.1, 0.15) is 0 Å². The first-order valence-electron chi connectivity index (χ1n) is 5.35. The van der Waals surface area contributed by atoms with Gasteiger partial charge in [-0.3, -0.25) is 0 Å². The van der Waals surface area contributed by atoms with Gasteiger partial charge in [-0.1, -0.05) is 39.0 Å². The number of hydrogen-bond donors (Lipinski definition) is 0. The molecule has 2 atom stereocenters. The maximum atomic E-state index is 2.41. The molecule has 2 unspecified atom stereocenters. The molecule has 0 bridgehead atoms. The Labute approximate surface area is 81.0 Å². The van der Waals surface area contributed by atoms with E-state index >= 15 is 0 Å². The van der Waals surface area contributed by atoms with E-state index in [0.717, 1.165) is 11.8 Å². The Morgan fingerprint density at radius 1 is 1.46 bits per heavy atom. The quantitative estimate of drug-likeness (QED) is 0.638. The van der Waals surface area contributed by atoms with Crippen LogP contribution in [0.2, 0.25) is 0 Å². The third kappa shape index (κ3) is 1.39. The van der Waals surface area contributed by atoms with Crippen LogP contribution >= 0.6 is 0 Å². The summed E-state index contributed by atoms with van der Waals surface area (Å²) in [4.78, 5) is 0. The smallest absolute Gasteiger partial charge is 0.0147 e. The monoisotopic (exact) mass is 174 g/mol. The third-order valence-electron chi connectivity index (χ3n) is 3.41. The van der Waals surface area contributed by atoms with Crippen molar-refractivity contribution in [2.75, 3.05) is 0 Å². The maximum absolute atomic E-state index is 2.41. The van der Waals surface area contributed by atoms with E-state index in [1.807, 2.05) is 0 Å². The van der Waals surface area contributed by atoms with Crippen molar-refractivity contribution in [2.24, 2.45) is 0 Å². The fourth-order valence-electron chi connectivity index (χ4n) is 2.11. The predicted molar refractivity (Wildman–Crippen MR) is 57.3 cm³/mol. The van der Waals surface area contributed by atoms with E-state index in [1.165, 1.54) is 18.4 Å². The molecule has 0 saturated heterocycles. The van der Waals surface area contributed by atoms with Crippen LogP contribution < -0.4 is 0 Å². The van der Waals surface area contributed by atoms with Gasteiger partial charge in [-0.15, -0.1) is 0 Å². The summed E-state index contributed by atoms with van der Waals surface area (Å²) in [5, 5.41) is 0. The SMILES string of the molecule is CCC(C)c1ccc2c(c1)C(C)C2. The molecule has 70 valence electrons. The molecule has 0 aromatic heterocycles. The fourth-order valence-corrected chi connectivity index (χ4v) is 2.11. The van der Waals surface area contributed by atoms with Gasteiger partial charge in [-0.2, -0.15) is 0 Å². The summed E-state index contributed by atoms with van der Waals surface area (Å²) in [6.45, 7) is 6.89. The molecule has 1 aliphatic rings. The highest BCUT2D eigenvalue weighted by Gasteiger charge is 2.22. The molecule has 1 aromatic rings. The van der Waals surface area contributed by atoms with Crippen LogP contribution in [-0.2, 0) is 6.42 Å². The summed E-state index contributed by atoms with van der Waals surface area (Å²) < 4.78 is 0. The molecule has 0 amide bonds. The van der Waals surface area contributed by atoms with Crippen LogP contribution in [0.5, 0.6) is 0 Å². The molecule has 0 saturated carbocycles. The van der Waals surface area contributed by atoms with Gasteiger partial charge in [-0.25, -0.2) is 0 Å². The standard InChI is InChI=1S/C13H18/c1-4-9(2)11-5-6-12-7-10(3)13(12)8-11/h5-6,8-10H,4,7H2,1-3H3. The van der Waals surface area contributed by atoms with Crippen LogP contribution in [0.25, 0.3) is 0 Å². The van der Waals surface area contributed by atoms with Gasteiger partial charge in [0.25, 0.3) is 0 Å². The molecule has 0 radical (unpaired) electrons. The summed E-state index contributed by atoms with van der Waals surface area (Å²) in [5.74, 6) is 1.53. The minimum Gasteiger partial charge on any atom is -0.0648 e. The lowest BCUT2D eigenvalue weighted by Gasteiger charge is -2.28. The van der Waals surface area contributed by atoms with Crippen LogP contribution in [0.15, 0.2) is 18.2 Å². The van der Waals surface area contributed by atoms with Crippen LogP contribution in [-0.4, -0.2) is 0 Å². The lowest BCUT2D eigenvalue weighted by molar-refractivity contribution is 0.656. The van der Waals surface area contributed by atoms with Gasteiger partial charge >= 0.3 is 0 Å². The summed E-state index contributed by atoms with van der Waals surface area (Å²) in [7, 11) is 0. The summed E-state index contributed by atoms with van der Waals surface area (Å²) in [5.41, 5.74) is 4.69. The van der Waals surface area contributed by atoms with E-state index in [4.69, 9.17) is 0 Å². The molecule has 0 spiro atoms. The second-order valence-corrected chi connectivity index (χ2v) is 4.37. The van der Waals surface area contributed by atoms with Gasteiger partial charge in [0.15, 0.2) is 0 Å². The molecule has 0 fully saturated rings. The van der Waals surface area contributed by atoms with E-state index in [0.29, 0.717) is 0 Å². The van der Waals surface area contributed by atoms with Gasteiger partial charge in [0.2, 0.25) is 0 Å². The van der Waals surface area contributed by atoms with Crippen molar-refractivity contribution >= 4 is 0 Å². The zero-order chi connectivity index (χ0) is 9.42. The molecule has 0 aliphatic heterocycles. The normalized spacial score (nSPS) is 21.9. The topological polar surface area (TPSA) is 0 Å². The summed E-state index contributed by atoms with van der Waals surface area (Å²) >= 11 is 0. The van der Waals surface area contributed by atoms with Gasteiger partial charge in [0, 0.05) is 0 Å². The molecule has 1 aliphatic carbocycles. The molecule has 0 nitrogen and oxygen atoms in total. The average Bonchev–Trinajstić information content (AvgIpc) is 2.15. The van der Waals surface area contributed by atoms with E-state index < -0.39 is 0 Å². The molecule has 0 heterocycles. The Morgan fingerprint density at radius 3 is 2.85 bits per heavy atom. The van der Waals surface area contributed by atoms with Crippen molar-refractivity contribution in [2.45, 2.75) is 45.4 Å². The zero-order valence-electron chi connectivity index (χ0n) is 8.80. The lowest BCUT2D eigenvalue weighted by Crippen LogP contribution is -2.14. The second kappa shape index (κ2) is 3.17. The predicted octanol–water partition coefficient (Wildman–Crippen LogP) is 3.86. The van der Waals surface area contributed by atoms with Crippen LogP contribution in [0.3, 0.4) is 0 Å². The maximum Gasteiger partial charge on any atom is -0.0147 e. The van der Waals surface area contributed by atoms with E-state index in [9.17, 15) is 0 Å². The minimum atomic E-state index is 0.720. The van der Waals surface area contributed by atoms with Crippen molar-refractivity contribution in [1.82, 2.24) is 0 Å². The van der Waals surface area contributed by atoms with Crippen molar-refractivity contribution in [3.8, 4) is 0 Å². The Kier molecular flexibility index (Phi) is 2.15. The third-order valence-corrected chi connectivity index (χ3v) is 3.41. The van der Waals surface area contributed by atoms with E-state index in [2.05, 4.69) is 39.0 Å². The molecule has 0 N–H and O–H groups in total. The van der Waals surface area contributed by atoms with Crippen molar-refractivity contribution in [3.05, 3.63) is 34.9 Å². The number of hydrogen-bond acceptors (Lipinski definition) is 0. The molecule has 0 heteroatoms. The first kappa shape index (κ1) is 8.80. The van der Waals surface area contributed by atoms with Gasteiger partial charge in [0.05, 0.1) is 0 Å². The van der Waals surface area contributed by atoms with E-state index in [1.54, 1.807) is 11.1 Å². The molecular formula is C13H18. The van der Waals surface area contributed by atoms with Crippen LogP contribution in [0.4, 0.5) is 0 Å². The highest BCUT2D eigenvalue weighted by molar-refractivity contribution is 5.43. The van der Waals surface area contributed by atoms with Gasteiger partial charge in [-0.05, 0) is 41.4 Å². The first-order chi connectivity index (χ1) is 6.22. The fraction of sp³-hybridized carbons (Fsp3) is 0.538. The first-order valence-corrected chi connectivity index (χ1v) is 5.35. The zero-order valence-corrected chi connectivity index (χ0v) is 8.80. The Bertz CT molecular complexity index is 312. The average molecular weight is 174 g/mol. The number of benzene rings is 1. The Balaban J connectivity index is 2.30. The summed E-state index contributed by atoms with van der Waals surface area (Å²) in [6, 6.07) is 7.04. The van der Waals surface area contributed by atoms with Crippen molar-refractivity contribution < 1.29 is 0 Å². The second-order valence-electron chi connectivity index (χ2n) is 4.37.